The zero-order chi connectivity index (χ0) is 14.7. The minimum atomic E-state index is -0.0716. The molecule has 20 heavy (non-hydrogen) atoms. The normalized spacial score (nSPS) is 13.6. The number of anilines is 3. The SMILES string of the molecule is Nc1ccc(N(CCO)CCO)c2c1N(O)N(O)C=C2. The van der Waals surface area contributed by atoms with Gasteiger partial charge < -0.3 is 20.8 Å². The molecule has 0 unspecified atom stereocenters. The second-order valence-corrected chi connectivity index (χ2v) is 4.30. The molecule has 0 aliphatic carbocycles. The van der Waals surface area contributed by atoms with Gasteiger partial charge in [-0.15, -0.1) is 10.3 Å². The van der Waals surface area contributed by atoms with E-state index in [-0.39, 0.29) is 18.9 Å². The molecule has 0 amide bonds. The molecule has 1 heterocycles. The molecule has 6 N–H and O–H groups in total. The van der Waals surface area contributed by atoms with Crippen LogP contribution in [-0.4, -0.2) is 52.1 Å². The van der Waals surface area contributed by atoms with Crippen LogP contribution in [0.5, 0.6) is 0 Å². The molecule has 110 valence electrons. The van der Waals surface area contributed by atoms with Gasteiger partial charge in [0.1, 0.15) is 5.69 Å². The van der Waals surface area contributed by atoms with Crippen molar-refractivity contribution in [1.82, 2.24) is 5.17 Å². The van der Waals surface area contributed by atoms with Crippen molar-refractivity contribution in [3.05, 3.63) is 23.9 Å². The number of hydrazine groups is 1. The van der Waals surface area contributed by atoms with Crippen LogP contribution in [0.25, 0.3) is 6.08 Å². The third kappa shape index (κ3) is 2.49. The highest BCUT2D eigenvalue weighted by Gasteiger charge is 2.24. The Morgan fingerprint density at radius 1 is 1.10 bits per heavy atom. The summed E-state index contributed by atoms with van der Waals surface area (Å²) in [7, 11) is 0. The Morgan fingerprint density at radius 3 is 2.35 bits per heavy atom. The molecular formula is C12H18N4O4. The van der Waals surface area contributed by atoms with Crippen LogP contribution in [0.1, 0.15) is 5.56 Å². The summed E-state index contributed by atoms with van der Waals surface area (Å²) in [6.45, 7) is 0.522. The van der Waals surface area contributed by atoms with Crippen molar-refractivity contribution in [1.29, 1.82) is 0 Å². The van der Waals surface area contributed by atoms with Crippen molar-refractivity contribution in [2.45, 2.75) is 0 Å². The Hall–Kier alpha value is -2.00. The Kier molecular flexibility index (Phi) is 4.30. The molecule has 0 bridgehead atoms. The van der Waals surface area contributed by atoms with Gasteiger partial charge in [-0.2, -0.15) is 0 Å². The van der Waals surface area contributed by atoms with Crippen LogP contribution >= 0.6 is 0 Å². The number of rotatable bonds is 5. The lowest BCUT2D eigenvalue weighted by Gasteiger charge is -2.33. The third-order valence-electron chi connectivity index (χ3n) is 3.07. The number of hydrogen-bond acceptors (Lipinski definition) is 8. The minimum Gasteiger partial charge on any atom is -0.397 e. The van der Waals surface area contributed by atoms with E-state index in [1.807, 2.05) is 0 Å². The molecule has 1 aromatic rings. The van der Waals surface area contributed by atoms with Crippen LogP contribution in [-0.2, 0) is 0 Å². The van der Waals surface area contributed by atoms with Gasteiger partial charge in [0.15, 0.2) is 0 Å². The van der Waals surface area contributed by atoms with E-state index >= 15 is 0 Å². The topological polar surface area (TPSA) is 117 Å². The Morgan fingerprint density at radius 2 is 1.75 bits per heavy atom. The molecule has 8 nitrogen and oxygen atoms in total. The Bertz CT molecular complexity index is 502. The third-order valence-corrected chi connectivity index (χ3v) is 3.07. The first-order valence-electron chi connectivity index (χ1n) is 6.14. The van der Waals surface area contributed by atoms with Gasteiger partial charge in [-0.3, -0.25) is 10.4 Å². The van der Waals surface area contributed by atoms with Crippen molar-refractivity contribution >= 4 is 23.1 Å². The highest BCUT2D eigenvalue weighted by atomic mass is 16.7. The van der Waals surface area contributed by atoms with Gasteiger partial charge in [0, 0.05) is 24.3 Å². The molecular weight excluding hydrogens is 264 g/mol. The molecule has 1 aliphatic rings. The van der Waals surface area contributed by atoms with Crippen LogP contribution in [0, 0.1) is 0 Å². The Labute approximate surface area is 116 Å². The summed E-state index contributed by atoms with van der Waals surface area (Å²) in [6, 6.07) is 3.33. The number of hydroxylamine groups is 1. The molecule has 1 aromatic carbocycles. The molecule has 8 heteroatoms. The number of nitrogens with zero attached hydrogens (tertiary/aromatic N) is 3. The van der Waals surface area contributed by atoms with Gasteiger partial charge in [-0.05, 0) is 18.2 Å². The first-order chi connectivity index (χ1) is 9.60. The average Bonchev–Trinajstić information content (AvgIpc) is 2.43. The van der Waals surface area contributed by atoms with Crippen molar-refractivity contribution in [2.24, 2.45) is 0 Å². The first-order valence-corrected chi connectivity index (χ1v) is 6.14. The summed E-state index contributed by atoms with van der Waals surface area (Å²) >= 11 is 0. The van der Waals surface area contributed by atoms with Crippen LogP contribution in [0.2, 0.25) is 0 Å². The molecule has 0 saturated carbocycles. The summed E-state index contributed by atoms with van der Waals surface area (Å²) in [5, 5.41) is 38.5. The number of nitrogens with two attached hydrogens (primary N) is 1. The van der Waals surface area contributed by atoms with E-state index in [0.717, 1.165) is 0 Å². The summed E-state index contributed by atoms with van der Waals surface area (Å²) in [5.74, 6) is 0. The zero-order valence-corrected chi connectivity index (χ0v) is 10.8. The predicted molar refractivity (Wildman–Crippen MR) is 74.2 cm³/mol. The van der Waals surface area contributed by atoms with Gasteiger partial charge >= 0.3 is 0 Å². The second kappa shape index (κ2) is 5.97. The van der Waals surface area contributed by atoms with Crippen molar-refractivity contribution in [3.8, 4) is 0 Å². The van der Waals surface area contributed by atoms with Gasteiger partial charge in [0.05, 0.1) is 25.1 Å². The quantitative estimate of drug-likeness (QED) is 0.473. The van der Waals surface area contributed by atoms with Gasteiger partial charge in [0.2, 0.25) is 0 Å². The number of benzene rings is 1. The lowest BCUT2D eigenvalue weighted by Crippen LogP contribution is -2.37. The van der Waals surface area contributed by atoms with E-state index in [1.165, 1.54) is 6.20 Å². The van der Waals surface area contributed by atoms with E-state index in [9.17, 15) is 10.4 Å². The lowest BCUT2D eigenvalue weighted by molar-refractivity contribution is -0.122. The molecule has 2 rings (SSSR count). The molecule has 0 radical (unpaired) electrons. The largest absolute Gasteiger partial charge is 0.397 e. The molecule has 0 fully saturated rings. The van der Waals surface area contributed by atoms with Crippen LogP contribution in [0.4, 0.5) is 17.1 Å². The van der Waals surface area contributed by atoms with Gasteiger partial charge in [-0.25, -0.2) is 0 Å². The van der Waals surface area contributed by atoms with E-state index in [1.54, 1.807) is 23.1 Å². The molecule has 0 atom stereocenters. The first kappa shape index (κ1) is 14.4. The summed E-state index contributed by atoms with van der Waals surface area (Å²) in [4.78, 5) is 1.77. The average molecular weight is 282 g/mol. The maximum atomic E-state index is 9.84. The van der Waals surface area contributed by atoms with Gasteiger partial charge in [0.25, 0.3) is 0 Å². The van der Waals surface area contributed by atoms with Crippen LogP contribution < -0.4 is 15.8 Å². The number of hydrogen-bond donors (Lipinski definition) is 5. The number of aliphatic hydroxyl groups is 2. The number of aliphatic hydroxyl groups excluding tert-OH is 2. The predicted octanol–water partition coefficient (Wildman–Crippen LogP) is -0.154. The fraction of sp³-hybridized carbons (Fsp3) is 0.333. The van der Waals surface area contributed by atoms with E-state index in [2.05, 4.69) is 0 Å². The number of nitrogen functional groups attached to an aromatic ring is 1. The Balaban J connectivity index is 2.49. The maximum absolute atomic E-state index is 9.84. The smallest absolute Gasteiger partial charge is 0.122 e. The second-order valence-electron chi connectivity index (χ2n) is 4.30. The minimum absolute atomic E-state index is 0.0716. The highest BCUT2D eigenvalue weighted by molar-refractivity contribution is 5.87. The molecule has 0 aromatic heterocycles. The van der Waals surface area contributed by atoms with E-state index in [0.29, 0.717) is 40.4 Å². The summed E-state index contributed by atoms with van der Waals surface area (Å²) in [5.41, 5.74) is 7.65. The van der Waals surface area contributed by atoms with Crippen molar-refractivity contribution < 1.29 is 20.6 Å². The fourth-order valence-electron chi connectivity index (χ4n) is 2.18. The summed E-state index contributed by atoms with van der Waals surface area (Å²) in [6.07, 6.45) is 2.86. The standard InChI is InChI=1S/C12H18N4O4/c13-10-1-2-11(14(5-7-17)6-8-18)9-3-4-15(19)16(20)12(9)10/h1-4,17-20H,5-8,13H2. The molecule has 0 saturated heterocycles. The maximum Gasteiger partial charge on any atom is 0.122 e. The van der Waals surface area contributed by atoms with Crippen LogP contribution in [0.3, 0.4) is 0 Å². The van der Waals surface area contributed by atoms with Gasteiger partial charge in [-0.1, -0.05) is 0 Å². The molecule has 0 spiro atoms. The lowest BCUT2D eigenvalue weighted by atomic mass is 10.1. The van der Waals surface area contributed by atoms with Crippen molar-refractivity contribution in [3.63, 3.8) is 0 Å². The van der Waals surface area contributed by atoms with Crippen molar-refractivity contribution in [2.75, 3.05) is 42.1 Å². The van der Waals surface area contributed by atoms with E-state index in [4.69, 9.17) is 15.9 Å². The highest BCUT2D eigenvalue weighted by Crippen LogP contribution is 2.38. The van der Waals surface area contributed by atoms with E-state index < -0.39 is 0 Å². The molecule has 1 aliphatic heterocycles. The van der Waals surface area contributed by atoms with Crippen LogP contribution in [0.15, 0.2) is 18.3 Å². The number of fused-ring (bicyclic) bond motifs is 1. The summed E-state index contributed by atoms with van der Waals surface area (Å²) < 4.78 is 0. The fourth-order valence-corrected chi connectivity index (χ4v) is 2.18. The zero-order valence-electron chi connectivity index (χ0n) is 10.8. The monoisotopic (exact) mass is 282 g/mol.